The van der Waals surface area contributed by atoms with Crippen LogP contribution in [0.3, 0.4) is 0 Å². The van der Waals surface area contributed by atoms with Crippen molar-refractivity contribution < 1.29 is 0 Å². The Hall–Kier alpha value is -1.37. The summed E-state index contributed by atoms with van der Waals surface area (Å²) >= 11 is 9.46. The largest absolute Gasteiger partial charge is 0.353 e. The number of fused-ring (bicyclic) bond motifs is 1. The van der Waals surface area contributed by atoms with Crippen LogP contribution in [-0.2, 0) is 5.75 Å². The van der Waals surface area contributed by atoms with Gasteiger partial charge in [-0.1, -0.05) is 52.9 Å². The van der Waals surface area contributed by atoms with Crippen LogP contribution in [0.2, 0.25) is 5.15 Å². The standard InChI is InChI=1S/C14H13ClN4S2/c1-19(2)13-17-18-14(21-13)20-8-10-7-9-5-3-4-6-11(9)16-12(10)15/h3-7H,8H2,1-2H3. The van der Waals surface area contributed by atoms with Crippen molar-refractivity contribution in [2.75, 3.05) is 19.0 Å². The van der Waals surface area contributed by atoms with E-state index in [0.717, 1.165) is 31.7 Å². The Bertz CT molecular complexity index is 773. The van der Waals surface area contributed by atoms with Gasteiger partial charge < -0.3 is 4.90 Å². The van der Waals surface area contributed by atoms with Gasteiger partial charge in [0.1, 0.15) is 5.15 Å². The summed E-state index contributed by atoms with van der Waals surface area (Å²) in [5.41, 5.74) is 1.93. The van der Waals surface area contributed by atoms with Gasteiger partial charge in [0.05, 0.1) is 5.52 Å². The molecule has 0 amide bonds. The first-order valence-electron chi connectivity index (χ1n) is 6.31. The van der Waals surface area contributed by atoms with Crippen LogP contribution in [0.15, 0.2) is 34.7 Å². The quantitative estimate of drug-likeness (QED) is 0.530. The maximum absolute atomic E-state index is 6.26. The minimum Gasteiger partial charge on any atom is -0.353 e. The molecule has 108 valence electrons. The molecule has 3 rings (SSSR count). The molecule has 0 aliphatic carbocycles. The molecular weight excluding hydrogens is 324 g/mol. The number of thioether (sulfide) groups is 1. The molecule has 21 heavy (non-hydrogen) atoms. The first-order valence-corrected chi connectivity index (χ1v) is 8.49. The Morgan fingerprint density at radius 3 is 2.81 bits per heavy atom. The van der Waals surface area contributed by atoms with E-state index in [1.54, 1.807) is 23.1 Å². The molecule has 0 fully saturated rings. The number of aromatic nitrogens is 3. The Balaban J connectivity index is 1.79. The van der Waals surface area contributed by atoms with Crippen molar-refractivity contribution in [2.45, 2.75) is 10.1 Å². The number of hydrogen-bond donors (Lipinski definition) is 0. The molecule has 2 heterocycles. The summed E-state index contributed by atoms with van der Waals surface area (Å²) in [6, 6.07) is 10.1. The zero-order chi connectivity index (χ0) is 14.8. The van der Waals surface area contributed by atoms with Gasteiger partial charge in [0, 0.05) is 30.8 Å². The minimum atomic E-state index is 0.554. The topological polar surface area (TPSA) is 41.9 Å². The van der Waals surface area contributed by atoms with E-state index in [0.29, 0.717) is 5.15 Å². The van der Waals surface area contributed by atoms with Crippen LogP contribution >= 0.6 is 34.7 Å². The maximum Gasteiger partial charge on any atom is 0.208 e. The van der Waals surface area contributed by atoms with Crippen molar-refractivity contribution in [3.05, 3.63) is 41.0 Å². The summed E-state index contributed by atoms with van der Waals surface area (Å²) in [5, 5.41) is 10.9. The molecule has 0 N–H and O–H groups in total. The van der Waals surface area contributed by atoms with Gasteiger partial charge in [-0.05, 0) is 12.1 Å². The molecule has 4 nitrogen and oxygen atoms in total. The van der Waals surface area contributed by atoms with Crippen LogP contribution in [0.5, 0.6) is 0 Å². The molecule has 0 unspecified atom stereocenters. The SMILES string of the molecule is CN(C)c1nnc(SCc2cc3ccccc3nc2Cl)s1. The van der Waals surface area contributed by atoms with E-state index in [9.17, 15) is 0 Å². The third-order valence-corrected chi connectivity index (χ3v) is 5.48. The van der Waals surface area contributed by atoms with Gasteiger partial charge in [-0.25, -0.2) is 4.98 Å². The van der Waals surface area contributed by atoms with Crippen LogP contribution in [-0.4, -0.2) is 29.3 Å². The van der Waals surface area contributed by atoms with E-state index in [2.05, 4.69) is 21.2 Å². The van der Waals surface area contributed by atoms with E-state index in [1.165, 1.54) is 0 Å². The summed E-state index contributed by atoms with van der Waals surface area (Å²) in [5.74, 6) is 0.735. The Morgan fingerprint density at radius 1 is 1.24 bits per heavy atom. The number of benzene rings is 1. The average molecular weight is 337 g/mol. The highest BCUT2D eigenvalue weighted by Gasteiger charge is 2.09. The van der Waals surface area contributed by atoms with Crippen molar-refractivity contribution in [3.8, 4) is 0 Å². The van der Waals surface area contributed by atoms with Gasteiger partial charge >= 0.3 is 0 Å². The molecule has 2 aromatic heterocycles. The average Bonchev–Trinajstić information content (AvgIpc) is 2.94. The van der Waals surface area contributed by atoms with Crippen LogP contribution in [0.1, 0.15) is 5.56 Å². The van der Waals surface area contributed by atoms with Crippen LogP contribution in [0, 0.1) is 0 Å². The summed E-state index contributed by atoms with van der Waals surface area (Å²) in [7, 11) is 3.91. The van der Waals surface area contributed by atoms with Gasteiger partial charge in [-0.3, -0.25) is 0 Å². The van der Waals surface area contributed by atoms with E-state index in [-0.39, 0.29) is 0 Å². The second-order valence-electron chi connectivity index (χ2n) is 4.66. The fourth-order valence-electron chi connectivity index (χ4n) is 1.82. The third-order valence-electron chi connectivity index (χ3n) is 2.88. The van der Waals surface area contributed by atoms with Crippen LogP contribution < -0.4 is 4.90 Å². The van der Waals surface area contributed by atoms with Crippen molar-refractivity contribution >= 4 is 50.7 Å². The predicted molar refractivity (Wildman–Crippen MR) is 90.6 cm³/mol. The highest BCUT2D eigenvalue weighted by molar-refractivity contribution is 8.00. The molecule has 0 aliphatic heterocycles. The number of anilines is 1. The summed E-state index contributed by atoms with van der Waals surface area (Å²) in [6.45, 7) is 0. The van der Waals surface area contributed by atoms with Crippen LogP contribution in [0.4, 0.5) is 5.13 Å². The zero-order valence-electron chi connectivity index (χ0n) is 11.6. The van der Waals surface area contributed by atoms with E-state index >= 15 is 0 Å². The van der Waals surface area contributed by atoms with Crippen molar-refractivity contribution in [1.82, 2.24) is 15.2 Å². The molecule has 0 aliphatic rings. The second-order valence-corrected chi connectivity index (χ2v) is 7.20. The fraction of sp³-hybridized carbons (Fsp3) is 0.214. The predicted octanol–water partition coefficient (Wildman–Crippen LogP) is 4.10. The number of pyridine rings is 1. The number of halogens is 1. The van der Waals surface area contributed by atoms with Gasteiger partial charge in [0.2, 0.25) is 5.13 Å². The zero-order valence-corrected chi connectivity index (χ0v) is 14.0. The minimum absolute atomic E-state index is 0.554. The molecule has 0 saturated carbocycles. The van der Waals surface area contributed by atoms with Crippen molar-refractivity contribution in [2.24, 2.45) is 0 Å². The fourth-order valence-corrected chi connectivity index (χ4v) is 3.85. The monoisotopic (exact) mass is 336 g/mol. The van der Waals surface area contributed by atoms with Gasteiger partial charge in [0.25, 0.3) is 0 Å². The van der Waals surface area contributed by atoms with Crippen molar-refractivity contribution in [1.29, 1.82) is 0 Å². The smallest absolute Gasteiger partial charge is 0.208 e. The highest BCUT2D eigenvalue weighted by Crippen LogP contribution is 2.31. The second kappa shape index (κ2) is 6.17. The van der Waals surface area contributed by atoms with Crippen LogP contribution in [0.25, 0.3) is 10.9 Å². The molecule has 0 saturated heterocycles. The molecule has 1 aromatic carbocycles. The Kier molecular flexibility index (Phi) is 4.28. The number of para-hydroxylation sites is 1. The summed E-state index contributed by atoms with van der Waals surface area (Å²) in [6.07, 6.45) is 0. The van der Waals surface area contributed by atoms with Gasteiger partial charge in [0.15, 0.2) is 4.34 Å². The molecule has 0 bridgehead atoms. The van der Waals surface area contributed by atoms with Crippen molar-refractivity contribution in [3.63, 3.8) is 0 Å². The lowest BCUT2D eigenvalue weighted by Crippen LogP contribution is -2.07. The Morgan fingerprint density at radius 2 is 2.05 bits per heavy atom. The van der Waals surface area contributed by atoms with E-state index < -0.39 is 0 Å². The molecule has 7 heteroatoms. The van der Waals surface area contributed by atoms with Gasteiger partial charge in [-0.15, -0.1) is 10.2 Å². The lowest BCUT2D eigenvalue weighted by Gasteiger charge is -2.05. The maximum atomic E-state index is 6.26. The van der Waals surface area contributed by atoms with E-state index in [1.807, 2.05) is 43.3 Å². The molecule has 0 atom stereocenters. The highest BCUT2D eigenvalue weighted by atomic mass is 35.5. The summed E-state index contributed by atoms with van der Waals surface area (Å²) < 4.78 is 0.933. The first-order chi connectivity index (χ1) is 10.1. The first kappa shape index (κ1) is 14.6. The normalized spacial score (nSPS) is 11.0. The number of hydrogen-bond acceptors (Lipinski definition) is 6. The summed E-state index contributed by atoms with van der Waals surface area (Å²) in [4.78, 5) is 6.38. The number of nitrogens with zero attached hydrogens (tertiary/aromatic N) is 4. The molecule has 3 aromatic rings. The number of rotatable bonds is 4. The molecule has 0 radical (unpaired) electrons. The molecular formula is C14H13ClN4S2. The third kappa shape index (κ3) is 3.28. The molecule has 0 spiro atoms. The Labute approximate surface area is 136 Å². The van der Waals surface area contributed by atoms with E-state index in [4.69, 9.17) is 11.6 Å². The van der Waals surface area contributed by atoms with Gasteiger partial charge in [-0.2, -0.15) is 0 Å². The lowest BCUT2D eigenvalue weighted by atomic mass is 10.2. The lowest BCUT2D eigenvalue weighted by molar-refractivity contribution is 0.972.